The van der Waals surface area contributed by atoms with E-state index in [1.807, 2.05) is 11.0 Å². The van der Waals surface area contributed by atoms with Gasteiger partial charge >= 0.3 is 6.36 Å². The smallest absolute Gasteiger partial charge is 0.406 e. The molecule has 162 valence electrons. The van der Waals surface area contributed by atoms with Crippen LogP contribution in [0, 0.1) is 24.2 Å². The fourth-order valence-corrected chi connectivity index (χ4v) is 6.23. The van der Waals surface area contributed by atoms with Gasteiger partial charge in [0.2, 0.25) is 5.91 Å². The second-order valence-corrected chi connectivity index (χ2v) is 9.94. The Morgan fingerprint density at radius 2 is 1.97 bits per heavy atom. The molecular formula is C23H26F3NO3. The number of benzene rings is 1. The van der Waals surface area contributed by atoms with Crippen molar-refractivity contribution in [1.82, 2.24) is 4.90 Å². The zero-order chi connectivity index (χ0) is 21.3. The van der Waals surface area contributed by atoms with Crippen molar-refractivity contribution in [3.05, 3.63) is 29.3 Å². The molecule has 1 aromatic carbocycles. The van der Waals surface area contributed by atoms with Crippen LogP contribution in [0.5, 0.6) is 5.75 Å². The number of nitrogens with zero attached hydrogens (tertiary/aromatic N) is 1. The number of ketones is 1. The van der Waals surface area contributed by atoms with E-state index < -0.39 is 6.36 Å². The lowest BCUT2D eigenvalue weighted by atomic mass is 9.60. The minimum Gasteiger partial charge on any atom is -0.406 e. The summed E-state index contributed by atoms with van der Waals surface area (Å²) in [6.07, 6.45) is 0.855. The first kappa shape index (κ1) is 19.9. The van der Waals surface area contributed by atoms with E-state index in [4.69, 9.17) is 0 Å². The van der Waals surface area contributed by atoms with Crippen LogP contribution in [0.2, 0.25) is 0 Å². The van der Waals surface area contributed by atoms with Crippen LogP contribution in [0.3, 0.4) is 0 Å². The highest BCUT2D eigenvalue weighted by atomic mass is 19.4. The Balaban J connectivity index is 1.23. The zero-order valence-electron chi connectivity index (χ0n) is 17.1. The number of hydrogen-bond donors (Lipinski definition) is 0. The average Bonchev–Trinajstić information content (AvgIpc) is 3.26. The van der Waals surface area contributed by atoms with Gasteiger partial charge in [0.1, 0.15) is 11.5 Å². The van der Waals surface area contributed by atoms with Crippen LogP contribution in [0.1, 0.15) is 56.1 Å². The summed E-state index contributed by atoms with van der Waals surface area (Å²) in [5.74, 6) is 0.718. The molecule has 1 aromatic rings. The molecule has 4 fully saturated rings. The number of hydrogen-bond acceptors (Lipinski definition) is 3. The van der Waals surface area contributed by atoms with Crippen LogP contribution >= 0.6 is 0 Å². The van der Waals surface area contributed by atoms with Gasteiger partial charge in [0.25, 0.3) is 0 Å². The molecule has 1 amide bonds. The number of piperidine rings is 1. The summed E-state index contributed by atoms with van der Waals surface area (Å²) in [6.45, 7) is 2.92. The zero-order valence-corrected chi connectivity index (χ0v) is 17.1. The third kappa shape index (κ3) is 3.30. The van der Waals surface area contributed by atoms with Crippen molar-refractivity contribution in [2.45, 2.75) is 63.6 Å². The molecule has 0 radical (unpaired) electrons. The Labute approximate surface area is 173 Å². The van der Waals surface area contributed by atoms with Crippen molar-refractivity contribution in [1.29, 1.82) is 0 Å². The highest BCUT2D eigenvalue weighted by Crippen LogP contribution is 2.61. The molecule has 2 atom stereocenters. The third-order valence-electron chi connectivity index (χ3n) is 8.02. The third-order valence-corrected chi connectivity index (χ3v) is 8.02. The molecule has 1 spiro atoms. The van der Waals surface area contributed by atoms with Crippen LogP contribution in [-0.4, -0.2) is 36.0 Å². The van der Waals surface area contributed by atoms with Gasteiger partial charge in [-0.05, 0) is 67.6 Å². The molecule has 7 heteroatoms. The number of amides is 1. The van der Waals surface area contributed by atoms with Crippen molar-refractivity contribution >= 4 is 11.7 Å². The quantitative estimate of drug-likeness (QED) is 0.720. The second kappa shape index (κ2) is 6.47. The number of carbonyl (C=O) groups excluding carboxylic acids is 2. The van der Waals surface area contributed by atoms with Gasteiger partial charge in [-0.15, -0.1) is 13.2 Å². The van der Waals surface area contributed by atoms with Crippen LogP contribution in [-0.2, 0) is 15.0 Å². The fraction of sp³-hybridized carbons (Fsp3) is 0.652. The molecule has 0 N–H and O–H groups in total. The Bertz CT molecular complexity index is 905. The van der Waals surface area contributed by atoms with Gasteiger partial charge in [0.15, 0.2) is 0 Å². The van der Waals surface area contributed by atoms with E-state index in [9.17, 15) is 22.8 Å². The van der Waals surface area contributed by atoms with Gasteiger partial charge in [0.05, 0.1) is 0 Å². The molecule has 2 unspecified atom stereocenters. The molecule has 4 nitrogen and oxygen atoms in total. The van der Waals surface area contributed by atoms with E-state index in [2.05, 4.69) is 4.74 Å². The molecule has 1 aliphatic heterocycles. The van der Waals surface area contributed by atoms with Gasteiger partial charge in [0, 0.05) is 37.3 Å². The topological polar surface area (TPSA) is 46.6 Å². The van der Waals surface area contributed by atoms with E-state index in [0.29, 0.717) is 43.2 Å². The molecular weight excluding hydrogens is 395 g/mol. The highest BCUT2D eigenvalue weighted by molar-refractivity contribution is 5.84. The first-order chi connectivity index (χ1) is 14.1. The van der Waals surface area contributed by atoms with Crippen LogP contribution in [0.25, 0.3) is 0 Å². The molecule has 3 saturated carbocycles. The maximum atomic E-state index is 13.0. The lowest BCUT2D eigenvalue weighted by molar-refractivity contribution is -0.274. The number of aryl methyl sites for hydroxylation is 1. The maximum Gasteiger partial charge on any atom is 0.573 e. The Morgan fingerprint density at radius 3 is 2.60 bits per heavy atom. The van der Waals surface area contributed by atoms with Crippen LogP contribution in [0.15, 0.2) is 18.2 Å². The molecule has 0 aromatic heterocycles. The Morgan fingerprint density at radius 1 is 1.20 bits per heavy atom. The SMILES string of the molecule is Cc1ccc(C23CCN(C(=O)C4CC5(CCC(=O)C5)C4)CC2C3)cc1OC(F)(F)F. The molecule has 5 rings (SSSR count). The summed E-state index contributed by atoms with van der Waals surface area (Å²) in [5, 5.41) is 0. The van der Waals surface area contributed by atoms with E-state index in [0.717, 1.165) is 37.7 Å². The average molecular weight is 421 g/mol. The Kier molecular flexibility index (Phi) is 4.29. The summed E-state index contributed by atoms with van der Waals surface area (Å²) >= 11 is 0. The minimum atomic E-state index is -4.70. The molecule has 1 saturated heterocycles. The first-order valence-electron chi connectivity index (χ1n) is 10.8. The lowest BCUT2D eigenvalue weighted by Crippen LogP contribution is -2.49. The molecule has 30 heavy (non-hydrogen) atoms. The van der Waals surface area contributed by atoms with Crippen LogP contribution < -0.4 is 4.74 Å². The van der Waals surface area contributed by atoms with Crippen molar-refractivity contribution in [2.75, 3.05) is 13.1 Å². The molecule has 0 bridgehead atoms. The number of halogens is 3. The highest BCUT2D eigenvalue weighted by Gasteiger charge is 2.59. The van der Waals surface area contributed by atoms with Crippen molar-refractivity contribution in [3.8, 4) is 5.75 Å². The van der Waals surface area contributed by atoms with Crippen molar-refractivity contribution in [2.24, 2.45) is 17.3 Å². The fourth-order valence-electron chi connectivity index (χ4n) is 6.23. The molecule has 3 aliphatic carbocycles. The summed E-state index contributed by atoms with van der Waals surface area (Å²) in [5.41, 5.74) is 1.30. The van der Waals surface area contributed by atoms with Gasteiger partial charge in [-0.3, -0.25) is 9.59 Å². The van der Waals surface area contributed by atoms with E-state index in [1.165, 1.54) is 6.07 Å². The molecule has 4 aliphatic rings. The van der Waals surface area contributed by atoms with Crippen molar-refractivity contribution < 1.29 is 27.5 Å². The maximum absolute atomic E-state index is 13.0. The standard InChI is InChI=1S/C23H26F3NO3/c1-14-2-3-16(8-19(14)30-23(24,25)26)22-6-7-27(13-17(22)11-22)20(29)15-9-21(10-15)5-4-18(28)12-21/h2-3,8,15,17H,4-7,9-13H2,1H3. The predicted octanol–water partition coefficient (Wildman–Crippen LogP) is 4.53. The van der Waals surface area contributed by atoms with Gasteiger partial charge in [-0.2, -0.15) is 0 Å². The largest absolute Gasteiger partial charge is 0.573 e. The summed E-state index contributed by atoms with van der Waals surface area (Å²) < 4.78 is 42.3. The lowest BCUT2D eigenvalue weighted by Gasteiger charge is -2.46. The number of fused-ring (bicyclic) bond motifs is 1. The number of rotatable bonds is 3. The number of carbonyl (C=O) groups is 2. The van der Waals surface area contributed by atoms with Crippen molar-refractivity contribution in [3.63, 3.8) is 0 Å². The van der Waals surface area contributed by atoms with Gasteiger partial charge in [-0.1, -0.05) is 12.1 Å². The predicted molar refractivity (Wildman–Crippen MR) is 103 cm³/mol. The normalized spacial score (nSPS) is 35.2. The number of ether oxygens (including phenoxy) is 1. The monoisotopic (exact) mass is 421 g/mol. The summed E-state index contributed by atoms with van der Waals surface area (Å²) in [7, 11) is 0. The Hall–Kier alpha value is -2.05. The number of Topliss-reactive ketones (excluding diaryl/α,β-unsaturated/α-hetero) is 1. The minimum absolute atomic E-state index is 0.0355. The summed E-state index contributed by atoms with van der Waals surface area (Å²) in [6, 6.07) is 5.13. The van der Waals surface area contributed by atoms with E-state index in [-0.39, 0.29) is 28.4 Å². The number of alkyl halides is 3. The van der Waals surface area contributed by atoms with E-state index in [1.54, 1.807) is 13.0 Å². The second-order valence-electron chi connectivity index (χ2n) is 9.94. The van der Waals surface area contributed by atoms with Gasteiger partial charge < -0.3 is 9.64 Å². The van der Waals surface area contributed by atoms with E-state index >= 15 is 0 Å². The van der Waals surface area contributed by atoms with Crippen LogP contribution in [0.4, 0.5) is 13.2 Å². The number of likely N-dealkylation sites (tertiary alicyclic amines) is 1. The first-order valence-corrected chi connectivity index (χ1v) is 10.8. The molecule has 1 heterocycles. The van der Waals surface area contributed by atoms with Gasteiger partial charge in [-0.25, -0.2) is 0 Å². The summed E-state index contributed by atoms with van der Waals surface area (Å²) in [4.78, 5) is 26.5.